The Morgan fingerprint density at radius 3 is 2.92 bits per heavy atom. The van der Waals surface area contributed by atoms with Gasteiger partial charge in [-0.25, -0.2) is 0 Å². The van der Waals surface area contributed by atoms with Gasteiger partial charge in [0.2, 0.25) is 0 Å². The highest BCUT2D eigenvalue weighted by atomic mass is 16.6. The van der Waals surface area contributed by atoms with Gasteiger partial charge < -0.3 is 14.6 Å². The summed E-state index contributed by atoms with van der Waals surface area (Å²) in [4.78, 5) is 0. The molecule has 2 rings (SSSR count). The van der Waals surface area contributed by atoms with Crippen molar-refractivity contribution in [3.63, 3.8) is 0 Å². The number of aliphatic hydroxyl groups is 1. The predicted molar refractivity (Wildman–Crippen MR) is 44.0 cm³/mol. The smallest absolute Gasteiger partial charge is 0.0945 e. The van der Waals surface area contributed by atoms with E-state index in [1.165, 1.54) is 0 Å². The van der Waals surface area contributed by atoms with Gasteiger partial charge in [0.05, 0.1) is 31.0 Å². The maximum absolute atomic E-state index is 8.91. The minimum atomic E-state index is -0.0488. The van der Waals surface area contributed by atoms with E-state index < -0.39 is 0 Å². The van der Waals surface area contributed by atoms with Crippen LogP contribution in [0.3, 0.4) is 0 Å². The third-order valence-corrected chi connectivity index (χ3v) is 2.83. The number of hydrogen-bond acceptors (Lipinski definition) is 3. The Balaban J connectivity index is 1.97. The van der Waals surface area contributed by atoms with Gasteiger partial charge in [-0.05, 0) is 19.8 Å². The van der Waals surface area contributed by atoms with Crippen molar-refractivity contribution in [3.8, 4) is 0 Å². The van der Waals surface area contributed by atoms with Crippen LogP contribution in [0.4, 0.5) is 0 Å². The van der Waals surface area contributed by atoms with Crippen LogP contribution in [-0.4, -0.2) is 36.1 Å². The van der Waals surface area contributed by atoms with E-state index in [-0.39, 0.29) is 18.3 Å². The first-order chi connectivity index (χ1) is 5.74. The molecule has 1 N–H and O–H groups in total. The van der Waals surface area contributed by atoms with Crippen molar-refractivity contribution in [1.29, 1.82) is 0 Å². The molecule has 2 fully saturated rings. The van der Waals surface area contributed by atoms with Crippen molar-refractivity contribution in [2.24, 2.45) is 0 Å². The zero-order chi connectivity index (χ0) is 8.60. The van der Waals surface area contributed by atoms with E-state index in [0.717, 1.165) is 19.3 Å². The summed E-state index contributed by atoms with van der Waals surface area (Å²) in [5.41, 5.74) is -0.0488. The van der Waals surface area contributed by atoms with E-state index in [1.807, 2.05) is 0 Å². The van der Waals surface area contributed by atoms with Crippen molar-refractivity contribution < 1.29 is 14.6 Å². The molecule has 2 heterocycles. The van der Waals surface area contributed by atoms with E-state index in [9.17, 15) is 0 Å². The second-order valence-corrected chi connectivity index (χ2v) is 3.97. The highest BCUT2D eigenvalue weighted by Gasteiger charge is 2.45. The van der Waals surface area contributed by atoms with Crippen LogP contribution in [0.25, 0.3) is 0 Å². The average molecular weight is 172 g/mol. The lowest BCUT2D eigenvalue weighted by Crippen LogP contribution is -2.30. The molecule has 1 spiro atoms. The van der Waals surface area contributed by atoms with Gasteiger partial charge in [0.1, 0.15) is 0 Å². The first-order valence-corrected chi connectivity index (χ1v) is 4.64. The summed E-state index contributed by atoms with van der Waals surface area (Å²) in [5, 5.41) is 8.91. The monoisotopic (exact) mass is 172 g/mol. The molecule has 0 amide bonds. The van der Waals surface area contributed by atoms with Crippen molar-refractivity contribution in [1.82, 2.24) is 0 Å². The predicted octanol–water partition coefficient (Wildman–Crippen LogP) is 0.705. The lowest BCUT2D eigenvalue weighted by molar-refractivity contribution is -0.0611. The Hall–Kier alpha value is -0.120. The van der Waals surface area contributed by atoms with E-state index >= 15 is 0 Å². The minimum Gasteiger partial charge on any atom is -0.394 e. The summed E-state index contributed by atoms with van der Waals surface area (Å²) >= 11 is 0. The van der Waals surface area contributed by atoms with Crippen LogP contribution in [0, 0.1) is 0 Å². The molecule has 0 aromatic heterocycles. The average Bonchev–Trinajstić information content (AvgIpc) is 2.61. The van der Waals surface area contributed by atoms with Crippen molar-refractivity contribution in [3.05, 3.63) is 0 Å². The largest absolute Gasteiger partial charge is 0.394 e. The molecule has 3 atom stereocenters. The molecule has 2 saturated heterocycles. The summed E-state index contributed by atoms with van der Waals surface area (Å²) in [7, 11) is 0. The van der Waals surface area contributed by atoms with Crippen LogP contribution in [0.5, 0.6) is 0 Å². The first kappa shape index (κ1) is 8.48. The maximum Gasteiger partial charge on any atom is 0.0945 e. The van der Waals surface area contributed by atoms with Crippen LogP contribution in [0.15, 0.2) is 0 Å². The Morgan fingerprint density at radius 2 is 2.42 bits per heavy atom. The maximum atomic E-state index is 8.91. The molecule has 0 aliphatic carbocycles. The summed E-state index contributed by atoms with van der Waals surface area (Å²) in [5.74, 6) is 0. The Morgan fingerprint density at radius 1 is 1.58 bits per heavy atom. The highest BCUT2D eigenvalue weighted by molar-refractivity contribution is 4.94. The molecule has 2 aliphatic rings. The van der Waals surface area contributed by atoms with Crippen LogP contribution in [0.1, 0.15) is 26.2 Å². The van der Waals surface area contributed by atoms with E-state index in [0.29, 0.717) is 12.7 Å². The molecule has 0 unspecified atom stereocenters. The van der Waals surface area contributed by atoms with Crippen molar-refractivity contribution >= 4 is 0 Å². The summed E-state index contributed by atoms with van der Waals surface area (Å²) in [6.45, 7) is 2.94. The van der Waals surface area contributed by atoms with Crippen LogP contribution >= 0.6 is 0 Å². The second kappa shape index (κ2) is 2.98. The number of rotatable bonds is 1. The van der Waals surface area contributed by atoms with E-state index in [4.69, 9.17) is 14.6 Å². The van der Waals surface area contributed by atoms with Gasteiger partial charge in [-0.1, -0.05) is 0 Å². The molecular formula is C9H16O3. The molecule has 3 nitrogen and oxygen atoms in total. The van der Waals surface area contributed by atoms with E-state index in [2.05, 4.69) is 6.92 Å². The topological polar surface area (TPSA) is 38.7 Å². The fourth-order valence-corrected chi connectivity index (χ4v) is 2.22. The standard InChI is InChI=1S/C9H16O3/c1-7-4-9(6-11-7)3-2-8(5-10)12-9/h7-8,10H,2-6H2,1H3/t7-,8+,9-/m1/s1. The third kappa shape index (κ3) is 1.37. The zero-order valence-corrected chi connectivity index (χ0v) is 7.45. The molecule has 0 saturated carbocycles. The second-order valence-electron chi connectivity index (χ2n) is 3.97. The van der Waals surface area contributed by atoms with Gasteiger partial charge in [-0.2, -0.15) is 0 Å². The van der Waals surface area contributed by atoms with Gasteiger partial charge in [-0.15, -0.1) is 0 Å². The van der Waals surface area contributed by atoms with E-state index in [1.54, 1.807) is 0 Å². The summed E-state index contributed by atoms with van der Waals surface area (Å²) in [6, 6.07) is 0. The van der Waals surface area contributed by atoms with Gasteiger partial charge in [-0.3, -0.25) is 0 Å². The van der Waals surface area contributed by atoms with Crippen LogP contribution < -0.4 is 0 Å². The molecular weight excluding hydrogens is 156 g/mol. The summed E-state index contributed by atoms with van der Waals surface area (Å²) in [6.07, 6.45) is 3.39. The SMILES string of the molecule is C[C@@H]1C[C@]2(CC[C@@H](CO)O2)CO1. The minimum absolute atomic E-state index is 0.0488. The Labute approximate surface area is 72.7 Å². The number of aliphatic hydroxyl groups excluding tert-OH is 1. The molecule has 0 aromatic rings. The van der Waals surface area contributed by atoms with Crippen LogP contribution in [0.2, 0.25) is 0 Å². The quantitative estimate of drug-likeness (QED) is 0.633. The Bertz CT molecular complexity index is 171. The zero-order valence-electron chi connectivity index (χ0n) is 7.45. The highest BCUT2D eigenvalue weighted by Crippen LogP contribution is 2.39. The molecule has 3 heteroatoms. The molecule has 0 bridgehead atoms. The van der Waals surface area contributed by atoms with Gasteiger partial charge in [0.15, 0.2) is 0 Å². The normalized spacial score (nSPS) is 47.5. The van der Waals surface area contributed by atoms with Gasteiger partial charge >= 0.3 is 0 Å². The lowest BCUT2D eigenvalue weighted by Gasteiger charge is -2.21. The number of hydrogen-bond donors (Lipinski definition) is 1. The molecule has 2 aliphatic heterocycles. The van der Waals surface area contributed by atoms with Crippen molar-refractivity contribution in [2.75, 3.05) is 13.2 Å². The molecule has 70 valence electrons. The van der Waals surface area contributed by atoms with Crippen LogP contribution in [-0.2, 0) is 9.47 Å². The fraction of sp³-hybridized carbons (Fsp3) is 1.00. The third-order valence-electron chi connectivity index (χ3n) is 2.83. The Kier molecular flexibility index (Phi) is 2.10. The fourth-order valence-electron chi connectivity index (χ4n) is 2.22. The number of ether oxygens (including phenoxy) is 2. The van der Waals surface area contributed by atoms with Gasteiger partial charge in [0.25, 0.3) is 0 Å². The summed E-state index contributed by atoms with van der Waals surface area (Å²) < 4.78 is 11.2. The molecule has 0 radical (unpaired) electrons. The van der Waals surface area contributed by atoms with Gasteiger partial charge in [0, 0.05) is 6.42 Å². The molecule has 0 aromatic carbocycles. The lowest BCUT2D eigenvalue weighted by atomic mass is 9.97. The molecule has 12 heavy (non-hydrogen) atoms. The first-order valence-electron chi connectivity index (χ1n) is 4.64. The van der Waals surface area contributed by atoms with Crippen molar-refractivity contribution in [2.45, 2.75) is 44.0 Å².